The number of nitrogens with zero attached hydrogens (tertiary/aromatic N) is 1. The number of benzene rings is 2. The third-order valence-electron chi connectivity index (χ3n) is 5.07. The fourth-order valence-corrected chi connectivity index (χ4v) is 5.24. The van der Waals surface area contributed by atoms with Gasteiger partial charge in [-0.1, -0.05) is 31.5 Å². The quantitative estimate of drug-likeness (QED) is 0.423. The van der Waals surface area contributed by atoms with E-state index in [0.717, 1.165) is 11.1 Å². The summed E-state index contributed by atoms with van der Waals surface area (Å²) < 4.78 is 38.9. The summed E-state index contributed by atoms with van der Waals surface area (Å²) in [6.07, 6.45) is 0.338. The third-order valence-corrected chi connectivity index (χ3v) is 7.31. The van der Waals surface area contributed by atoms with Gasteiger partial charge in [0.25, 0.3) is 0 Å². The van der Waals surface area contributed by atoms with Gasteiger partial charge in [0.2, 0.25) is 15.9 Å². The first-order chi connectivity index (χ1) is 16.1. The van der Waals surface area contributed by atoms with Gasteiger partial charge in [0.1, 0.15) is 6.04 Å². The Morgan fingerprint density at radius 2 is 1.74 bits per heavy atom. The maximum absolute atomic E-state index is 13.0. The first-order valence-electron chi connectivity index (χ1n) is 10.7. The largest absolute Gasteiger partial charge is 0.493 e. The van der Waals surface area contributed by atoms with Crippen LogP contribution in [0.5, 0.6) is 11.5 Å². The van der Waals surface area contributed by atoms with Crippen molar-refractivity contribution < 1.29 is 22.7 Å². The van der Waals surface area contributed by atoms with Gasteiger partial charge >= 0.3 is 0 Å². The van der Waals surface area contributed by atoms with Crippen molar-refractivity contribution in [2.75, 3.05) is 19.5 Å². The number of hydrogen-bond acceptors (Lipinski definition) is 7. The molecule has 0 radical (unpaired) electrons. The molecule has 0 aliphatic heterocycles. The van der Waals surface area contributed by atoms with Gasteiger partial charge in [-0.05, 0) is 49.6 Å². The molecule has 1 heterocycles. The molecule has 2 N–H and O–H groups in total. The number of ether oxygens (including phenoxy) is 2. The van der Waals surface area contributed by atoms with Crippen LogP contribution in [0.3, 0.4) is 0 Å². The Labute approximate surface area is 204 Å². The van der Waals surface area contributed by atoms with Gasteiger partial charge in [-0.25, -0.2) is 13.4 Å². The lowest BCUT2D eigenvalue weighted by atomic mass is 10.0. The molecule has 1 atom stereocenters. The fraction of sp³-hybridized carbons (Fsp3) is 0.333. The summed E-state index contributed by atoms with van der Waals surface area (Å²) in [5.41, 5.74) is 2.40. The number of nitrogens with one attached hydrogen (secondary N) is 2. The Hall–Kier alpha value is -2.95. The molecule has 0 saturated heterocycles. The number of aromatic nitrogens is 1. The molecule has 0 fully saturated rings. The van der Waals surface area contributed by atoms with E-state index in [0.29, 0.717) is 28.7 Å². The van der Waals surface area contributed by atoms with E-state index >= 15 is 0 Å². The number of rotatable bonds is 10. The smallest absolute Gasteiger partial charge is 0.244 e. The number of hydrogen-bond donors (Lipinski definition) is 2. The standard InChI is InChI=1S/C24H29N3O5S2/c1-15(2)12-19(27-34(29,30)18-9-6-16(3)7-10-18)23(28)26-24-25-20(14-33-24)17-8-11-21(31-4)22(13-17)32-5/h6-11,13-15,19,27H,12H2,1-5H3,(H,25,26,28). The third kappa shape index (κ3) is 6.34. The van der Waals surface area contributed by atoms with Crippen LogP contribution in [0.25, 0.3) is 11.3 Å². The zero-order valence-corrected chi connectivity index (χ0v) is 21.4. The number of amides is 1. The first-order valence-corrected chi connectivity index (χ1v) is 13.1. The van der Waals surface area contributed by atoms with E-state index in [2.05, 4.69) is 15.0 Å². The number of aryl methyl sites for hydroxylation is 1. The molecule has 34 heavy (non-hydrogen) atoms. The molecule has 2 aromatic carbocycles. The van der Waals surface area contributed by atoms with E-state index in [1.54, 1.807) is 38.5 Å². The van der Waals surface area contributed by atoms with Crippen molar-refractivity contribution >= 4 is 32.4 Å². The van der Waals surface area contributed by atoms with E-state index in [9.17, 15) is 13.2 Å². The van der Waals surface area contributed by atoms with Crippen molar-refractivity contribution in [1.82, 2.24) is 9.71 Å². The SMILES string of the molecule is COc1ccc(-c2csc(NC(=O)C(CC(C)C)NS(=O)(=O)c3ccc(C)cc3)n2)cc1OC. The second-order valence-corrected chi connectivity index (χ2v) is 10.8. The lowest BCUT2D eigenvalue weighted by molar-refractivity contribution is -0.118. The first kappa shape index (κ1) is 25.7. The Kier molecular flexibility index (Phi) is 8.29. The lowest BCUT2D eigenvalue weighted by Gasteiger charge is -2.19. The summed E-state index contributed by atoms with van der Waals surface area (Å²) >= 11 is 1.26. The number of carbonyl (C=O) groups excluding carboxylic acids is 1. The van der Waals surface area contributed by atoms with E-state index in [1.165, 1.54) is 23.5 Å². The summed E-state index contributed by atoms with van der Waals surface area (Å²) in [5, 5.41) is 4.94. The highest BCUT2D eigenvalue weighted by Crippen LogP contribution is 2.33. The number of anilines is 1. The van der Waals surface area contributed by atoms with Crippen LogP contribution < -0.4 is 19.5 Å². The maximum Gasteiger partial charge on any atom is 0.244 e. The van der Waals surface area contributed by atoms with Crippen LogP contribution in [0, 0.1) is 12.8 Å². The zero-order valence-electron chi connectivity index (χ0n) is 19.8. The van der Waals surface area contributed by atoms with Gasteiger partial charge in [0, 0.05) is 10.9 Å². The molecule has 10 heteroatoms. The average molecular weight is 504 g/mol. The normalized spacial score (nSPS) is 12.4. The van der Waals surface area contributed by atoms with Crippen LogP contribution in [-0.4, -0.2) is 39.6 Å². The van der Waals surface area contributed by atoms with Crippen molar-refractivity contribution in [2.24, 2.45) is 5.92 Å². The molecule has 1 unspecified atom stereocenters. The molecular formula is C24H29N3O5S2. The Morgan fingerprint density at radius 3 is 2.35 bits per heavy atom. The molecule has 3 rings (SSSR count). The van der Waals surface area contributed by atoms with Crippen molar-refractivity contribution in [1.29, 1.82) is 0 Å². The van der Waals surface area contributed by atoms with Gasteiger partial charge in [0.15, 0.2) is 16.6 Å². The molecular weight excluding hydrogens is 474 g/mol. The number of methoxy groups -OCH3 is 2. The van der Waals surface area contributed by atoms with E-state index in [1.807, 2.05) is 32.2 Å². The van der Waals surface area contributed by atoms with Crippen molar-refractivity contribution in [3.05, 3.63) is 53.4 Å². The minimum atomic E-state index is -3.86. The van der Waals surface area contributed by atoms with Crippen LogP contribution in [0.1, 0.15) is 25.8 Å². The van der Waals surface area contributed by atoms with Crippen molar-refractivity contribution in [2.45, 2.75) is 38.1 Å². The van der Waals surface area contributed by atoms with Crippen LogP contribution in [-0.2, 0) is 14.8 Å². The molecule has 3 aromatic rings. The molecule has 1 aromatic heterocycles. The summed E-state index contributed by atoms with van der Waals surface area (Å²) in [6, 6.07) is 11.0. The predicted molar refractivity (Wildman–Crippen MR) is 134 cm³/mol. The van der Waals surface area contributed by atoms with E-state index in [4.69, 9.17) is 9.47 Å². The Balaban J connectivity index is 1.77. The van der Waals surface area contributed by atoms with Gasteiger partial charge < -0.3 is 14.8 Å². The van der Waals surface area contributed by atoms with Crippen LogP contribution in [0.4, 0.5) is 5.13 Å². The predicted octanol–water partition coefficient (Wildman–Crippen LogP) is 4.47. The zero-order chi connectivity index (χ0) is 24.9. The second kappa shape index (κ2) is 11.0. The second-order valence-electron chi connectivity index (χ2n) is 8.21. The summed E-state index contributed by atoms with van der Waals surface area (Å²) in [7, 11) is -0.744. The topological polar surface area (TPSA) is 107 Å². The van der Waals surface area contributed by atoms with Gasteiger partial charge in [-0.2, -0.15) is 4.72 Å². The lowest BCUT2D eigenvalue weighted by Crippen LogP contribution is -2.44. The molecule has 0 aliphatic rings. The van der Waals surface area contributed by atoms with Gasteiger partial charge in [0.05, 0.1) is 24.8 Å². The Bertz CT molecular complexity index is 1240. The number of thiazole rings is 1. The summed E-state index contributed by atoms with van der Waals surface area (Å²) in [4.78, 5) is 17.6. The highest BCUT2D eigenvalue weighted by atomic mass is 32.2. The monoisotopic (exact) mass is 503 g/mol. The van der Waals surface area contributed by atoms with Crippen molar-refractivity contribution in [3.8, 4) is 22.8 Å². The van der Waals surface area contributed by atoms with E-state index < -0.39 is 22.0 Å². The molecule has 182 valence electrons. The minimum Gasteiger partial charge on any atom is -0.493 e. The summed E-state index contributed by atoms with van der Waals surface area (Å²) in [5.74, 6) is 0.807. The number of carbonyl (C=O) groups is 1. The van der Waals surface area contributed by atoms with Crippen LogP contribution >= 0.6 is 11.3 Å². The van der Waals surface area contributed by atoms with Crippen molar-refractivity contribution in [3.63, 3.8) is 0 Å². The number of sulfonamides is 1. The van der Waals surface area contributed by atoms with Crippen LogP contribution in [0.15, 0.2) is 52.7 Å². The van der Waals surface area contributed by atoms with Gasteiger partial charge in [-0.3, -0.25) is 4.79 Å². The summed E-state index contributed by atoms with van der Waals surface area (Å²) in [6.45, 7) is 5.74. The fourth-order valence-electron chi connectivity index (χ4n) is 3.30. The molecule has 0 spiro atoms. The minimum absolute atomic E-state index is 0.0927. The molecule has 0 aliphatic carbocycles. The highest BCUT2D eigenvalue weighted by Gasteiger charge is 2.27. The molecule has 0 saturated carbocycles. The van der Waals surface area contributed by atoms with Crippen LogP contribution in [0.2, 0.25) is 0 Å². The highest BCUT2D eigenvalue weighted by molar-refractivity contribution is 7.89. The average Bonchev–Trinajstić information content (AvgIpc) is 3.26. The molecule has 0 bridgehead atoms. The maximum atomic E-state index is 13.0. The molecule has 1 amide bonds. The Morgan fingerprint density at radius 1 is 1.06 bits per heavy atom. The van der Waals surface area contributed by atoms with E-state index in [-0.39, 0.29) is 10.8 Å². The molecule has 8 nitrogen and oxygen atoms in total. The van der Waals surface area contributed by atoms with Gasteiger partial charge in [-0.15, -0.1) is 11.3 Å².